The van der Waals surface area contributed by atoms with Gasteiger partial charge in [-0.2, -0.15) is 0 Å². The van der Waals surface area contributed by atoms with E-state index >= 15 is 0 Å². The summed E-state index contributed by atoms with van der Waals surface area (Å²) in [5.74, 6) is 1.81. The van der Waals surface area contributed by atoms with Crippen molar-refractivity contribution in [3.8, 4) is 0 Å². The second-order valence-electron chi connectivity index (χ2n) is 9.56. The Labute approximate surface area is 191 Å². The number of fused-ring (bicyclic) bond motifs is 2. The number of rotatable bonds is 8. The first kappa shape index (κ1) is 22.5. The van der Waals surface area contributed by atoms with E-state index in [1.165, 1.54) is 11.1 Å². The first-order valence-corrected chi connectivity index (χ1v) is 11.9. The van der Waals surface area contributed by atoms with E-state index < -0.39 is 0 Å². The third-order valence-electron chi connectivity index (χ3n) is 6.38. The molecule has 0 unspecified atom stereocenters. The van der Waals surface area contributed by atoms with Gasteiger partial charge in [-0.1, -0.05) is 24.3 Å². The summed E-state index contributed by atoms with van der Waals surface area (Å²) in [5, 5.41) is 3.54. The summed E-state index contributed by atoms with van der Waals surface area (Å²) in [6.07, 6.45) is 2.69. The predicted molar refractivity (Wildman–Crippen MR) is 132 cm³/mol. The summed E-state index contributed by atoms with van der Waals surface area (Å²) in [6.45, 7) is 17.0. The van der Waals surface area contributed by atoms with Gasteiger partial charge in [0.2, 0.25) is 5.95 Å². The Balaban J connectivity index is 1.62. The van der Waals surface area contributed by atoms with Crippen LogP contribution in [0.1, 0.15) is 58.7 Å². The molecular weight excluding hydrogens is 398 g/mol. The van der Waals surface area contributed by atoms with Crippen molar-refractivity contribution >= 4 is 22.9 Å². The zero-order valence-electron chi connectivity index (χ0n) is 20.3. The third-order valence-corrected chi connectivity index (χ3v) is 6.38. The van der Waals surface area contributed by atoms with Gasteiger partial charge in [-0.3, -0.25) is 9.47 Å². The molecule has 7 heteroatoms. The molecule has 0 saturated heterocycles. The first-order valence-electron chi connectivity index (χ1n) is 11.9. The van der Waals surface area contributed by atoms with Crippen LogP contribution in [0.3, 0.4) is 0 Å². The highest BCUT2D eigenvalue weighted by Gasteiger charge is 2.25. The standard InChI is InChI=1S/C25H37N7/c1-17(2)31(18(3)4)14-12-26-23-22-24(28-16-27-23)32(19(5)6)25(29-22)30-13-11-20-9-7-8-10-21(20)15-30/h7-10,16-19H,11-15H2,1-6H3,(H,26,27,28). The Morgan fingerprint density at radius 2 is 1.72 bits per heavy atom. The fraction of sp³-hybridized carbons (Fsp3) is 0.560. The summed E-state index contributed by atoms with van der Waals surface area (Å²) in [6, 6.07) is 10.00. The number of benzene rings is 1. The smallest absolute Gasteiger partial charge is 0.208 e. The van der Waals surface area contributed by atoms with Crippen LogP contribution in [-0.2, 0) is 13.0 Å². The molecule has 4 rings (SSSR count). The van der Waals surface area contributed by atoms with Crippen LogP contribution in [0, 0.1) is 0 Å². The quantitative estimate of drug-likeness (QED) is 0.562. The lowest BCUT2D eigenvalue weighted by atomic mass is 10.0. The third kappa shape index (κ3) is 4.44. The number of nitrogens with one attached hydrogen (secondary N) is 1. The molecule has 1 aromatic carbocycles. The lowest BCUT2D eigenvalue weighted by molar-refractivity contribution is 0.182. The van der Waals surface area contributed by atoms with Gasteiger partial charge in [0.25, 0.3) is 0 Å². The highest BCUT2D eigenvalue weighted by atomic mass is 15.3. The summed E-state index contributed by atoms with van der Waals surface area (Å²) in [5.41, 5.74) is 4.58. The minimum Gasteiger partial charge on any atom is -0.367 e. The monoisotopic (exact) mass is 435 g/mol. The molecule has 1 aliphatic rings. The fourth-order valence-electron chi connectivity index (χ4n) is 4.81. The van der Waals surface area contributed by atoms with Crippen molar-refractivity contribution in [1.29, 1.82) is 0 Å². The van der Waals surface area contributed by atoms with Crippen molar-refractivity contribution in [3.05, 3.63) is 41.7 Å². The van der Waals surface area contributed by atoms with Crippen molar-refractivity contribution in [3.63, 3.8) is 0 Å². The lowest BCUT2D eigenvalue weighted by Crippen LogP contribution is -2.40. The predicted octanol–water partition coefficient (Wildman–Crippen LogP) is 4.50. The van der Waals surface area contributed by atoms with E-state index in [2.05, 4.69) is 95.5 Å². The van der Waals surface area contributed by atoms with E-state index in [-0.39, 0.29) is 6.04 Å². The van der Waals surface area contributed by atoms with Crippen molar-refractivity contribution in [2.24, 2.45) is 0 Å². The molecule has 0 atom stereocenters. The zero-order chi connectivity index (χ0) is 22.8. The van der Waals surface area contributed by atoms with Crippen LogP contribution in [0.5, 0.6) is 0 Å². The summed E-state index contributed by atoms with van der Waals surface area (Å²) in [4.78, 5) is 19.1. The number of aromatic nitrogens is 4. The van der Waals surface area contributed by atoms with Crippen LogP contribution < -0.4 is 10.2 Å². The number of nitrogens with zero attached hydrogens (tertiary/aromatic N) is 6. The minimum atomic E-state index is 0.257. The SMILES string of the molecule is CC(C)N(CCNc1ncnc2c1nc(N1CCc3ccccc3C1)n2C(C)C)C(C)C. The summed E-state index contributed by atoms with van der Waals surface area (Å²) < 4.78 is 2.25. The van der Waals surface area contributed by atoms with Gasteiger partial charge in [0.15, 0.2) is 17.0 Å². The lowest BCUT2D eigenvalue weighted by Gasteiger charge is -2.30. The van der Waals surface area contributed by atoms with Crippen molar-refractivity contribution in [2.75, 3.05) is 29.9 Å². The van der Waals surface area contributed by atoms with E-state index in [1.807, 2.05) is 0 Å². The molecular formula is C25H37N7. The molecule has 0 spiro atoms. The number of anilines is 2. The van der Waals surface area contributed by atoms with Crippen LogP contribution in [0.25, 0.3) is 11.2 Å². The van der Waals surface area contributed by atoms with E-state index in [1.54, 1.807) is 6.33 Å². The van der Waals surface area contributed by atoms with Crippen LogP contribution in [0.2, 0.25) is 0 Å². The molecule has 0 aliphatic carbocycles. The number of hydrogen-bond acceptors (Lipinski definition) is 6. The molecule has 0 saturated carbocycles. The molecule has 32 heavy (non-hydrogen) atoms. The topological polar surface area (TPSA) is 62.1 Å². The first-order chi connectivity index (χ1) is 15.4. The summed E-state index contributed by atoms with van der Waals surface area (Å²) in [7, 11) is 0. The second kappa shape index (κ2) is 9.45. The van der Waals surface area contributed by atoms with Crippen LogP contribution in [0.4, 0.5) is 11.8 Å². The second-order valence-corrected chi connectivity index (χ2v) is 9.56. The normalized spacial score (nSPS) is 14.2. The van der Waals surface area contributed by atoms with Gasteiger partial charge in [-0.25, -0.2) is 15.0 Å². The Kier molecular flexibility index (Phi) is 6.65. The number of hydrogen-bond donors (Lipinski definition) is 1. The number of imidazole rings is 1. The molecule has 172 valence electrons. The molecule has 2 aromatic heterocycles. The van der Waals surface area contributed by atoms with Gasteiger partial charge < -0.3 is 10.2 Å². The van der Waals surface area contributed by atoms with Gasteiger partial charge in [-0.05, 0) is 59.1 Å². The largest absolute Gasteiger partial charge is 0.367 e. The maximum atomic E-state index is 5.09. The molecule has 0 fully saturated rings. The molecule has 1 aliphatic heterocycles. The molecule has 0 radical (unpaired) electrons. The highest BCUT2D eigenvalue weighted by molar-refractivity contribution is 5.85. The van der Waals surface area contributed by atoms with Crippen molar-refractivity contribution in [2.45, 2.75) is 72.6 Å². The maximum absolute atomic E-state index is 5.09. The molecule has 3 aromatic rings. The van der Waals surface area contributed by atoms with Crippen LogP contribution in [0.15, 0.2) is 30.6 Å². The van der Waals surface area contributed by atoms with Crippen LogP contribution >= 0.6 is 0 Å². The van der Waals surface area contributed by atoms with Crippen LogP contribution in [-0.4, -0.2) is 56.1 Å². The zero-order valence-corrected chi connectivity index (χ0v) is 20.3. The average molecular weight is 436 g/mol. The Hall–Kier alpha value is -2.67. The van der Waals surface area contributed by atoms with Gasteiger partial charge in [0.1, 0.15) is 6.33 Å². The maximum Gasteiger partial charge on any atom is 0.208 e. The average Bonchev–Trinajstić information content (AvgIpc) is 3.16. The minimum absolute atomic E-state index is 0.257. The summed E-state index contributed by atoms with van der Waals surface area (Å²) >= 11 is 0. The van der Waals surface area contributed by atoms with E-state index in [9.17, 15) is 0 Å². The van der Waals surface area contributed by atoms with Gasteiger partial charge in [-0.15, -0.1) is 0 Å². The molecule has 0 amide bonds. The fourth-order valence-corrected chi connectivity index (χ4v) is 4.81. The van der Waals surface area contributed by atoms with E-state index in [4.69, 9.17) is 4.98 Å². The molecule has 3 heterocycles. The molecule has 7 nitrogen and oxygen atoms in total. The van der Waals surface area contributed by atoms with E-state index in [0.717, 1.165) is 55.5 Å². The van der Waals surface area contributed by atoms with Crippen molar-refractivity contribution < 1.29 is 0 Å². The van der Waals surface area contributed by atoms with Crippen molar-refractivity contribution in [1.82, 2.24) is 24.4 Å². The Bertz CT molecular complexity index is 1050. The van der Waals surface area contributed by atoms with Gasteiger partial charge in [0.05, 0.1) is 0 Å². The molecule has 0 bridgehead atoms. The highest BCUT2D eigenvalue weighted by Crippen LogP contribution is 2.31. The Morgan fingerprint density at radius 3 is 2.41 bits per heavy atom. The van der Waals surface area contributed by atoms with E-state index in [0.29, 0.717) is 12.1 Å². The molecule has 1 N–H and O–H groups in total. The van der Waals surface area contributed by atoms with Gasteiger partial charge >= 0.3 is 0 Å². The van der Waals surface area contributed by atoms with Gasteiger partial charge in [0, 0.05) is 44.3 Å². The Morgan fingerprint density at radius 1 is 1.00 bits per heavy atom.